The molecule has 14 rings (SSSR count). The molecule has 2 heterocycles. The molecule has 0 aliphatic rings. The first kappa shape index (κ1) is 40.6. The van der Waals surface area contributed by atoms with E-state index in [-0.39, 0.29) is 0 Å². The second kappa shape index (κ2) is 16.7. The van der Waals surface area contributed by atoms with Crippen LogP contribution in [0.4, 0.5) is 17.1 Å². The highest BCUT2D eigenvalue weighted by atomic mass is 16.3. The summed E-state index contributed by atoms with van der Waals surface area (Å²) in [5.74, 6) is 0. The zero-order valence-electron chi connectivity index (χ0n) is 38.7. The minimum absolute atomic E-state index is 0.887. The van der Waals surface area contributed by atoms with Crippen LogP contribution in [-0.4, -0.2) is 4.57 Å². The van der Waals surface area contributed by atoms with Gasteiger partial charge in [-0.2, -0.15) is 0 Å². The summed E-state index contributed by atoms with van der Waals surface area (Å²) in [4.78, 5) is 2.38. The highest BCUT2D eigenvalue weighted by molar-refractivity contribution is 6.10. The molecule has 0 aliphatic carbocycles. The number of para-hydroxylation sites is 3. The third kappa shape index (κ3) is 7.06. The Labute approximate surface area is 411 Å². The average Bonchev–Trinajstić information content (AvgIpc) is 3.99. The van der Waals surface area contributed by atoms with Gasteiger partial charge < -0.3 is 13.9 Å². The van der Waals surface area contributed by atoms with E-state index in [1.807, 2.05) is 12.1 Å². The van der Waals surface area contributed by atoms with E-state index < -0.39 is 0 Å². The molecule has 0 atom stereocenters. The summed E-state index contributed by atoms with van der Waals surface area (Å²) in [6, 6.07) is 96.8. The maximum absolute atomic E-state index is 6.35. The number of benzene rings is 12. The van der Waals surface area contributed by atoms with Crippen LogP contribution in [0.3, 0.4) is 0 Å². The SMILES string of the molecule is c1cc(-c2ccc(N(c3cccc(-c4ccc5c(ccc6ccccc65)c4)c3)c3cccc(-c4ccc5c(c4)oc4ccccc45)c3)cc2)cc(-c2cccc(-n3c4ccccc4c4ccccc43)c2)c1. The third-order valence-corrected chi connectivity index (χ3v) is 14.3. The predicted octanol–water partition coefficient (Wildman–Crippen LogP) is 19.1. The van der Waals surface area contributed by atoms with E-state index in [2.05, 4.69) is 264 Å². The van der Waals surface area contributed by atoms with Crippen LogP contribution in [0.5, 0.6) is 0 Å². The molecule has 14 aromatic rings. The minimum atomic E-state index is 0.887. The van der Waals surface area contributed by atoms with Gasteiger partial charge in [0.1, 0.15) is 11.2 Å². The van der Waals surface area contributed by atoms with Crippen LogP contribution in [0.1, 0.15) is 0 Å². The van der Waals surface area contributed by atoms with Crippen molar-refractivity contribution in [2.24, 2.45) is 0 Å². The summed E-state index contributed by atoms with van der Waals surface area (Å²) >= 11 is 0. The van der Waals surface area contributed by atoms with Crippen LogP contribution in [0.2, 0.25) is 0 Å². The Hall–Kier alpha value is -9.44. The Bertz CT molecular complexity index is 4310. The smallest absolute Gasteiger partial charge is 0.136 e. The largest absolute Gasteiger partial charge is 0.456 e. The first-order chi connectivity index (χ1) is 35.2. The molecule has 71 heavy (non-hydrogen) atoms. The van der Waals surface area contributed by atoms with Gasteiger partial charge in [0.25, 0.3) is 0 Å². The lowest BCUT2D eigenvalue weighted by atomic mass is 9.97. The van der Waals surface area contributed by atoms with Gasteiger partial charge in [0.05, 0.1) is 11.0 Å². The fourth-order valence-electron chi connectivity index (χ4n) is 10.9. The number of hydrogen-bond acceptors (Lipinski definition) is 2. The van der Waals surface area contributed by atoms with Crippen molar-refractivity contribution in [3.63, 3.8) is 0 Å². The Kier molecular flexibility index (Phi) is 9.53. The Morgan fingerprint density at radius 1 is 0.254 bits per heavy atom. The molecule has 0 unspecified atom stereocenters. The van der Waals surface area contributed by atoms with Gasteiger partial charge in [-0.1, -0.05) is 176 Å². The summed E-state index contributed by atoms with van der Waals surface area (Å²) in [5.41, 5.74) is 17.8. The maximum Gasteiger partial charge on any atom is 0.136 e. The molecule has 3 heteroatoms. The Morgan fingerprint density at radius 2 is 0.732 bits per heavy atom. The van der Waals surface area contributed by atoms with Gasteiger partial charge in [0.2, 0.25) is 0 Å². The number of anilines is 3. The van der Waals surface area contributed by atoms with Crippen LogP contribution in [0.15, 0.2) is 271 Å². The van der Waals surface area contributed by atoms with Gasteiger partial charge in [-0.05, 0) is 157 Å². The van der Waals surface area contributed by atoms with Gasteiger partial charge in [0, 0.05) is 44.3 Å². The van der Waals surface area contributed by atoms with Crippen molar-refractivity contribution in [1.82, 2.24) is 4.57 Å². The summed E-state index contributed by atoms with van der Waals surface area (Å²) in [5, 5.41) is 9.80. The topological polar surface area (TPSA) is 21.3 Å². The quantitative estimate of drug-likeness (QED) is 0.142. The molecule has 0 spiro atoms. The Morgan fingerprint density at radius 3 is 1.45 bits per heavy atom. The Balaban J connectivity index is 0.841. The summed E-state index contributed by atoms with van der Waals surface area (Å²) in [6.45, 7) is 0. The van der Waals surface area contributed by atoms with Crippen molar-refractivity contribution in [1.29, 1.82) is 0 Å². The molecule has 0 saturated heterocycles. The van der Waals surface area contributed by atoms with Gasteiger partial charge >= 0.3 is 0 Å². The molecule has 0 bridgehead atoms. The van der Waals surface area contributed by atoms with E-state index in [0.717, 1.165) is 72.5 Å². The van der Waals surface area contributed by atoms with E-state index in [9.17, 15) is 0 Å². The lowest BCUT2D eigenvalue weighted by molar-refractivity contribution is 0.669. The van der Waals surface area contributed by atoms with E-state index in [1.54, 1.807) is 0 Å². The lowest BCUT2D eigenvalue weighted by Crippen LogP contribution is -2.10. The molecular weight excluding hydrogens is 861 g/mol. The second-order valence-corrected chi connectivity index (χ2v) is 18.5. The van der Waals surface area contributed by atoms with Crippen molar-refractivity contribution in [3.8, 4) is 50.2 Å². The van der Waals surface area contributed by atoms with Crippen LogP contribution in [-0.2, 0) is 0 Å². The van der Waals surface area contributed by atoms with Crippen LogP contribution >= 0.6 is 0 Å². The highest BCUT2D eigenvalue weighted by Gasteiger charge is 2.18. The summed E-state index contributed by atoms with van der Waals surface area (Å²) in [6.07, 6.45) is 0. The number of furan rings is 1. The normalized spacial score (nSPS) is 11.7. The van der Waals surface area contributed by atoms with Crippen molar-refractivity contribution in [2.75, 3.05) is 4.90 Å². The molecule has 0 amide bonds. The predicted molar refractivity (Wildman–Crippen MR) is 299 cm³/mol. The summed E-state index contributed by atoms with van der Waals surface area (Å²) in [7, 11) is 0. The molecular formula is C68H44N2O. The number of hydrogen-bond donors (Lipinski definition) is 0. The first-order valence-corrected chi connectivity index (χ1v) is 24.3. The van der Waals surface area contributed by atoms with Gasteiger partial charge in [0.15, 0.2) is 0 Å². The average molecular weight is 905 g/mol. The molecule has 12 aromatic carbocycles. The second-order valence-electron chi connectivity index (χ2n) is 18.5. The molecule has 0 N–H and O–H groups in total. The van der Waals surface area contributed by atoms with E-state index >= 15 is 0 Å². The fourth-order valence-corrected chi connectivity index (χ4v) is 10.9. The number of nitrogens with zero attached hydrogens (tertiary/aromatic N) is 2. The van der Waals surface area contributed by atoms with E-state index in [0.29, 0.717) is 0 Å². The number of fused-ring (bicyclic) bond motifs is 9. The number of rotatable bonds is 8. The van der Waals surface area contributed by atoms with Crippen molar-refractivity contribution in [2.45, 2.75) is 0 Å². The summed E-state index contributed by atoms with van der Waals surface area (Å²) < 4.78 is 8.74. The minimum Gasteiger partial charge on any atom is -0.456 e. The monoisotopic (exact) mass is 904 g/mol. The molecule has 0 fully saturated rings. The fraction of sp³-hybridized carbons (Fsp3) is 0. The van der Waals surface area contributed by atoms with Crippen molar-refractivity contribution >= 4 is 82.4 Å². The van der Waals surface area contributed by atoms with Crippen LogP contribution in [0.25, 0.3) is 115 Å². The van der Waals surface area contributed by atoms with E-state index in [1.165, 1.54) is 60.0 Å². The molecule has 332 valence electrons. The lowest BCUT2D eigenvalue weighted by Gasteiger charge is -2.27. The van der Waals surface area contributed by atoms with Gasteiger partial charge in [-0.3, -0.25) is 0 Å². The molecule has 0 radical (unpaired) electrons. The standard InChI is InChI=1S/C68H44N2O/c1-2-22-59-46(13-1)29-30-54-40-52(33-37-60(54)59)50-17-10-19-56(41-50)69(57-20-11-18-51(42-57)53-34-38-64-63-25-5-8-28-67(63)71-68(64)44-53)55-35-31-45(32-36-55)47-14-9-15-48(39-47)49-16-12-21-58(43-49)70-65-26-6-3-23-61(65)62-24-4-7-27-66(62)70/h1-44H. The van der Waals surface area contributed by atoms with Crippen LogP contribution < -0.4 is 4.90 Å². The van der Waals surface area contributed by atoms with E-state index in [4.69, 9.17) is 4.42 Å². The first-order valence-electron chi connectivity index (χ1n) is 24.3. The third-order valence-electron chi connectivity index (χ3n) is 14.3. The molecule has 3 nitrogen and oxygen atoms in total. The maximum atomic E-state index is 6.35. The van der Waals surface area contributed by atoms with Crippen molar-refractivity contribution < 1.29 is 4.42 Å². The molecule has 0 saturated carbocycles. The number of aromatic nitrogens is 1. The zero-order chi connectivity index (χ0) is 46.8. The van der Waals surface area contributed by atoms with Gasteiger partial charge in [-0.25, -0.2) is 0 Å². The molecule has 0 aliphatic heterocycles. The van der Waals surface area contributed by atoms with Crippen LogP contribution in [0, 0.1) is 0 Å². The van der Waals surface area contributed by atoms with Gasteiger partial charge in [-0.15, -0.1) is 0 Å². The molecule has 2 aromatic heterocycles. The van der Waals surface area contributed by atoms with Crippen molar-refractivity contribution in [3.05, 3.63) is 267 Å². The zero-order valence-corrected chi connectivity index (χ0v) is 38.7. The highest BCUT2D eigenvalue weighted by Crippen LogP contribution is 2.41.